The maximum Gasteiger partial charge on any atom is 0.416 e. The number of aryl methyl sites for hydroxylation is 3. The van der Waals surface area contributed by atoms with Crippen LogP contribution in [0.3, 0.4) is 0 Å². The summed E-state index contributed by atoms with van der Waals surface area (Å²) in [6.07, 6.45) is -1.57. The molecule has 0 unspecified atom stereocenters. The third kappa shape index (κ3) is 5.12. The zero-order valence-corrected chi connectivity index (χ0v) is 14.8. The van der Waals surface area contributed by atoms with E-state index in [1.54, 1.807) is 12.1 Å². The smallest absolute Gasteiger partial charge is 0.166 e. The van der Waals surface area contributed by atoms with Crippen molar-refractivity contribution in [3.8, 4) is 0 Å². The number of benzene rings is 2. The van der Waals surface area contributed by atoms with E-state index in [2.05, 4.69) is 45.9 Å². The highest BCUT2D eigenvalue weighted by Crippen LogP contribution is 2.31. The van der Waals surface area contributed by atoms with E-state index < -0.39 is 11.7 Å². The molecule has 0 radical (unpaired) electrons. The molecule has 0 saturated heterocycles. The van der Waals surface area contributed by atoms with Gasteiger partial charge in [-0.25, -0.2) is 0 Å². The summed E-state index contributed by atoms with van der Waals surface area (Å²) in [6.45, 7) is 8.65. The number of hydrogen-bond acceptors (Lipinski definition) is 0. The van der Waals surface area contributed by atoms with E-state index in [-0.39, 0.29) is 5.41 Å². The van der Waals surface area contributed by atoms with Crippen LogP contribution in [0.4, 0.5) is 13.2 Å². The van der Waals surface area contributed by atoms with Crippen LogP contribution < -0.4 is 0 Å². The summed E-state index contributed by atoms with van der Waals surface area (Å²) in [5.41, 5.74) is 4.38. The van der Waals surface area contributed by atoms with Crippen LogP contribution in [0.1, 0.15) is 48.1 Å². The van der Waals surface area contributed by atoms with Gasteiger partial charge in [-0.3, -0.25) is 0 Å². The lowest BCUT2D eigenvalue weighted by Crippen LogP contribution is -2.16. The second-order valence-corrected chi connectivity index (χ2v) is 7.45. The first-order valence-corrected chi connectivity index (χ1v) is 8.29. The van der Waals surface area contributed by atoms with Crippen LogP contribution in [-0.2, 0) is 19.0 Å². The molecular weight excluding hydrogens is 309 g/mol. The lowest BCUT2D eigenvalue weighted by Gasteiger charge is -2.25. The van der Waals surface area contributed by atoms with Gasteiger partial charge in [-0.15, -0.1) is 0 Å². The van der Waals surface area contributed by atoms with Crippen LogP contribution >= 0.6 is 0 Å². The zero-order valence-electron chi connectivity index (χ0n) is 14.8. The lowest BCUT2D eigenvalue weighted by atomic mass is 9.80. The van der Waals surface area contributed by atoms with Gasteiger partial charge in [0.2, 0.25) is 0 Å². The molecule has 24 heavy (non-hydrogen) atoms. The Hall–Kier alpha value is -1.77. The Balaban J connectivity index is 1.97. The molecule has 0 N–H and O–H groups in total. The first-order chi connectivity index (χ1) is 11.1. The molecule has 0 aliphatic rings. The fourth-order valence-electron chi connectivity index (χ4n) is 2.90. The fraction of sp³-hybridized carbons (Fsp3) is 0.429. The highest BCUT2D eigenvalue weighted by atomic mass is 19.4. The van der Waals surface area contributed by atoms with Gasteiger partial charge in [0.15, 0.2) is 0 Å². The third-order valence-electron chi connectivity index (χ3n) is 4.63. The van der Waals surface area contributed by atoms with Gasteiger partial charge < -0.3 is 0 Å². The molecule has 2 aromatic rings. The van der Waals surface area contributed by atoms with Crippen molar-refractivity contribution in [1.29, 1.82) is 0 Å². The molecule has 0 amide bonds. The summed E-state index contributed by atoms with van der Waals surface area (Å²) in [7, 11) is 0. The Kier molecular flexibility index (Phi) is 5.42. The van der Waals surface area contributed by atoms with E-state index in [1.807, 2.05) is 0 Å². The molecule has 0 aromatic heterocycles. The quantitative estimate of drug-likeness (QED) is 0.583. The highest BCUT2D eigenvalue weighted by molar-refractivity contribution is 5.30. The molecular formula is C21H25F3. The zero-order chi connectivity index (χ0) is 18.0. The second kappa shape index (κ2) is 7.00. The van der Waals surface area contributed by atoms with Crippen LogP contribution in [0.15, 0.2) is 42.5 Å². The minimum absolute atomic E-state index is 0.102. The first-order valence-electron chi connectivity index (χ1n) is 8.29. The number of hydrogen-bond donors (Lipinski definition) is 0. The summed E-state index contributed by atoms with van der Waals surface area (Å²) in [5, 5.41) is 0. The van der Waals surface area contributed by atoms with Gasteiger partial charge in [0.25, 0.3) is 0 Å². The largest absolute Gasteiger partial charge is 0.416 e. The van der Waals surface area contributed by atoms with Gasteiger partial charge in [-0.05, 0) is 72.9 Å². The summed E-state index contributed by atoms with van der Waals surface area (Å²) < 4.78 is 37.8. The molecule has 0 bridgehead atoms. The van der Waals surface area contributed by atoms with Crippen LogP contribution in [0.25, 0.3) is 0 Å². The van der Waals surface area contributed by atoms with E-state index in [0.29, 0.717) is 0 Å². The SMILES string of the molecule is Cc1ccc(CC(C)(C)CCc2ccc(C(F)(F)F)cc2)cc1C. The Bertz CT molecular complexity index is 679. The molecule has 2 rings (SSSR count). The molecule has 0 fully saturated rings. The van der Waals surface area contributed by atoms with Gasteiger partial charge in [0, 0.05) is 0 Å². The molecule has 2 aromatic carbocycles. The van der Waals surface area contributed by atoms with Gasteiger partial charge in [-0.1, -0.05) is 44.2 Å². The summed E-state index contributed by atoms with van der Waals surface area (Å²) in [5.74, 6) is 0. The second-order valence-electron chi connectivity index (χ2n) is 7.45. The van der Waals surface area contributed by atoms with Crippen molar-refractivity contribution in [2.24, 2.45) is 5.41 Å². The molecule has 0 aliphatic carbocycles. The predicted molar refractivity (Wildman–Crippen MR) is 93.2 cm³/mol. The Morgan fingerprint density at radius 2 is 1.38 bits per heavy atom. The van der Waals surface area contributed by atoms with Crippen LogP contribution in [-0.4, -0.2) is 0 Å². The maximum atomic E-state index is 12.6. The Morgan fingerprint density at radius 1 is 0.792 bits per heavy atom. The topological polar surface area (TPSA) is 0 Å². The average Bonchev–Trinajstić information content (AvgIpc) is 2.48. The van der Waals surface area contributed by atoms with Crippen molar-refractivity contribution in [1.82, 2.24) is 0 Å². The van der Waals surface area contributed by atoms with Crippen molar-refractivity contribution >= 4 is 0 Å². The summed E-state index contributed by atoms with van der Waals surface area (Å²) in [6, 6.07) is 12.1. The molecule has 0 saturated carbocycles. The third-order valence-corrected chi connectivity index (χ3v) is 4.63. The molecule has 3 heteroatoms. The minimum Gasteiger partial charge on any atom is -0.166 e. The van der Waals surface area contributed by atoms with Gasteiger partial charge in [0.1, 0.15) is 0 Å². The molecule has 0 heterocycles. The average molecular weight is 334 g/mol. The van der Waals surface area contributed by atoms with Gasteiger partial charge in [-0.2, -0.15) is 13.2 Å². The Labute approximate surface area is 142 Å². The standard InChI is InChI=1S/C21H25F3/c1-15-5-6-18(13-16(15)2)14-20(3,4)12-11-17-7-9-19(10-8-17)21(22,23)24/h5-10,13H,11-12,14H2,1-4H3. The fourth-order valence-corrected chi connectivity index (χ4v) is 2.90. The summed E-state index contributed by atoms with van der Waals surface area (Å²) in [4.78, 5) is 0. The van der Waals surface area contributed by atoms with Gasteiger partial charge in [0.05, 0.1) is 5.56 Å². The number of rotatable bonds is 5. The Morgan fingerprint density at radius 3 is 1.92 bits per heavy atom. The lowest BCUT2D eigenvalue weighted by molar-refractivity contribution is -0.137. The van der Waals surface area contributed by atoms with E-state index in [0.717, 1.165) is 24.8 Å². The molecule has 0 nitrogen and oxygen atoms in total. The molecule has 0 spiro atoms. The van der Waals surface area contributed by atoms with E-state index in [1.165, 1.54) is 28.8 Å². The van der Waals surface area contributed by atoms with E-state index >= 15 is 0 Å². The highest BCUT2D eigenvalue weighted by Gasteiger charge is 2.30. The van der Waals surface area contributed by atoms with Crippen LogP contribution in [0, 0.1) is 19.3 Å². The van der Waals surface area contributed by atoms with Crippen molar-refractivity contribution < 1.29 is 13.2 Å². The van der Waals surface area contributed by atoms with Crippen LogP contribution in [0.2, 0.25) is 0 Å². The van der Waals surface area contributed by atoms with E-state index in [9.17, 15) is 13.2 Å². The molecule has 130 valence electrons. The van der Waals surface area contributed by atoms with Crippen molar-refractivity contribution in [3.63, 3.8) is 0 Å². The molecule has 0 aliphatic heterocycles. The van der Waals surface area contributed by atoms with Gasteiger partial charge >= 0.3 is 6.18 Å². The van der Waals surface area contributed by atoms with Crippen LogP contribution in [0.5, 0.6) is 0 Å². The number of alkyl halides is 3. The van der Waals surface area contributed by atoms with E-state index in [4.69, 9.17) is 0 Å². The minimum atomic E-state index is -4.26. The maximum absolute atomic E-state index is 12.6. The molecule has 0 atom stereocenters. The number of halogens is 3. The van der Waals surface area contributed by atoms with Crippen molar-refractivity contribution in [2.45, 2.75) is 53.1 Å². The first kappa shape index (κ1) is 18.6. The monoisotopic (exact) mass is 334 g/mol. The summed E-state index contributed by atoms with van der Waals surface area (Å²) >= 11 is 0. The normalized spacial score (nSPS) is 12.5. The van der Waals surface area contributed by atoms with Crippen molar-refractivity contribution in [3.05, 3.63) is 70.3 Å². The predicted octanol–water partition coefficient (Wildman–Crippen LogP) is 6.52. The van der Waals surface area contributed by atoms with Crippen molar-refractivity contribution in [2.75, 3.05) is 0 Å².